The molecule has 0 spiro atoms. The molecule has 14 heteroatoms. The summed E-state index contributed by atoms with van der Waals surface area (Å²) in [5, 5.41) is 16.1. The van der Waals surface area contributed by atoms with E-state index >= 15 is 0 Å². The lowest BCUT2D eigenvalue weighted by Gasteiger charge is -2.23. The van der Waals surface area contributed by atoms with Gasteiger partial charge in [-0.1, -0.05) is 0 Å². The minimum absolute atomic E-state index is 0.107. The third kappa shape index (κ3) is 8.18. The van der Waals surface area contributed by atoms with E-state index in [0.717, 1.165) is 0 Å². The van der Waals surface area contributed by atoms with Crippen LogP contribution in [0.3, 0.4) is 0 Å². The van der Waals surface area contributed by atoms with Crippen molar-refractivity contribution in [3.05, 3.63) is 18.2 Å². The monoisotopic (exact) mass is 429 g/mol. The molecule has 0 bridgehead atoms. The molecule has 0 aromatic carbocycles. The molecule has 0 aliphatic carbocycles. The quantitative estimate of drug-likeness (QED) is 0.154. The first-order valence-corrected chi connectivity index (χ1v) is 9.00. The fourth-order valence-corrected chi connectivity index (χ4v) is 2.48. The maximum absolute atomic E-state index is 12.5. The van der Waals surface area contributed by atoms with E-state index in [0.29, 0.717) is 5.69 Å². The number of aromatic amines is 1. The van der Waals surface area contributed by atoms with Crippen molar-refractivity contribution in [3.63, 3.8) is 0 Å². The van der Waals surface area contributed by atoms with Crippen LogP contribution >= 0.6 is 12.6 Å². The van der Waals surface area contributed by atoms with Crippen LogP contribution in [0.1, 0.15) is 12.1 Å². The molecule has 0 aliphatic heterocycles. The van der Waals surface area contributed by atoms with Crippen LogP contribution in [0.5, 0.6) is 0 Å². The lowest BCUT2D eigenvalue weighted by molar-refractivity contribution is -0.142. The van der Waals surface area contributed by atoms with Gasteiger partial charge in [0.15, 0.2) is 0 Å². The largest absolute Gasteiger partial charge is 0.480 e. The number of carbonyl (C=O) groups excluding carboxylic acids is 4. The van der Waals surface area contributed by atoms with Crippen LogP contribution in [-0.2, 0) is 30.4 Å². The Hall–Kier alpha value is -3.13. The fraction of sp³-hybridized carbons (Fsp3) is 0.467. The molecule has 9 N–H and O–H groups in total. The average molecular weight is 429 g/mol. The zero-order valence-corrected chi connectivity index (χ0v) is 16.1. The van der Waals surface area contributed by atoms with Gasteiger partial charge in [0, 0.05) is 24.1 Å². The molecule has 0 saturated heterocycles. The Bertz CT molecular complexity index is 742. The Morgan fingerprint density at radius 2 is 1.72 bits per heavy atom. The van der Waals surface area contributed by atoms with Crippen molar-refractivity contribution < 1.29 is 29.1 Å². The summed E-state index contributed by atoms with van der Waals surface area (Å²) in [5.41, 5.74) is 10.7. The van der Waals surface area contributed by atoms with Gasteiger partial charge >= 0.3 is 5.97 Å². The maximum Gasteiger partial charge on any atom is 0.326 e. The number of carboxylic acids is 1. The Labute approximate surface area is 170 Å². The smallest absolute Gasteiger partial charge is 0.326 e. The minimum atomic E-state index is -1.46. The molecular weight excluding hydrogens is 406 g/mol. The number of rotatable bonds is 12. The van der Waals surface area contributed by atoms with Gasteiger partial charge in [-0.25, -0.2) is 9.78 Å². The second-order valence-electron chi connectivity index (χ2n) is 5.92. The molecule has 0 saturated carbocycles. The van der Waals surface area contributed by atoms with Gasteiger partial charge in [0.1, 0.15) is 18.1 Å². The second kappa shape index (κ2) is 11.7. The molecule has 0 radical (unpaired) electrons. The number of hydrogen-bond acceptors (Lipinski definition) is 8. The number of hydrogen-bond donors (Lipinski definition) is 8. The first-order valence-electron chi connectivity index (χ1n) is 8.37. The van der Waals surface area contributed by atoms with E-state index in [1.54, 1.807) is 0 Å². The summed E-state index contributed by atoms with van der Waals surface area (Å²) in [6.07, 6.45) is 2.05. The Morgan fingerprint density at radius 3 is 2.21 bits per heavy atom. The van der Waals surface area contributed by atoms with Crippen LogP contribution in [0.25, 0.3) is 0 Å². The normalized spacial score (nSPS) is 13.6. The molecule has 29 heavy (non-hydrogen) atoms. The SMILES string of the molecule is NCC(=O)NC(CS)C(=O)NC(CC(N)=O)C(=O)NC(Cc1cnc[nH]1)C(=O)O. The second-order valence-corrected chi connectivity index (χ2v) is 6.28. The zero-order valence-electron chi connectivity index (χ0n) is 15.3. The first kappa shape index (κ1) is 23.9. The first-order chi connectivity index (χ1) is 13.7. The van der Waals surface area contributed by atoms with Gasteiger partial charge in [0.2, 0.25) is 23.6 Å². The summed E-state index contributed by atoms with van der Waals surface area (Å²) < 4.78 is 0. The number of amides is 4. The summed E-state index contributed by atoms with van der Waals surface area (Å²) in [7, 11) is 0. The number of H-pyrrole nitrogens is 1. The minimum Gasteiger partial charge on any atom is -0.480 e. The molecule has 1 heterocycles. The summed E-state index contributed by atoms with van der Waals surface area (Å²) in [6.45, 7) is -0.364. The average Bonchev–Trinajstić information content (AvgIpc) is 3.17. The molecule has 3 atom stereocenters. The number of aromatic nitrogens is 2. The van der Waals surface area contributed by atoms with Gasteiger partial charge in [-0.05, 0) is 0 Å². The lowest BCUT2D eigenvalue weighted by atomic mass is 10.1. The molecule has 1 aromatic rings. The van der Waals surface area contributed by atoms with E-state index in [1.165, 1.54) is 12.5 Å². The van der Waals surface area contributed by atoms with Gasteiger partial charge in [-0.15, -0.1) is 0 Å². The van der Waals surface area contributed by atoms with Crippen molar-refractivity contribution in [2.75, 3.05) is 12.3 Å². The number of aliphatic carboxylic acids is 1. The summed E-state index contributed by atoms with van der Waals surface area (Å²) in [6, 6.07) is -3.94. The zero-order chi connectivity index (χ0) is 22.0. The molecule has 13 nitrogen and oxygen atoms in total. The highest BCUT2D eigenvalue weighted by Crippen LogP contribution is 2.02. The summed E-state index contributed by atoms with van der Waals surface area (Å²) >= 11 is 3.95. The number of imidazole rings is 1. The molecule has 0 aliphatic rings. The van der Waals surface area contributed by atoms with Gasteiger partial charge in [-0.2, -0.15) is 12.6 Å². The van der Waals surface area contributed by atoms with Gasteiger partial charge in [0.05, 0.1) is 19.3 Å². The van der Waals surface area contributed by atoms with Gasteiger partial charge in [-0.3, -0.25) is 19.2 Å². The van der Waals surface area contributed by atoms with E-state index < -0.39 is 54.1 Å². The van der Waals surface area contributed by atoms with Crippen molar-refractivity contribution >= 4 is 42.2 Å². The number of nitrogens with zero attached hydrogens (tertiary/aromatic N) is 1. The predicted molar refractivity (Wildman–Crippen MR) is 102 cm³/mol. The molecule has 4 amide bonds. The highest BCUT2D eigenvalue weighted by Gasteiger charge is 2.30. The molecule has 0 fully saturated rings. The van der Waals surface area contributed by atoms with Crippen molar-refractivity contribution in [2.45, 2.75) is 31.0 Å². The maximum atomic E-state index is 12.5. The summed E-state index contributed by atoms with van der Waals surface area (Å²) in [5.74, 6) is -4.73. The van der Waals surface area contributed by atoms with Crippen LogP contribution in [-0.4, -0.2) is 75.1 Å². The van der Waals surface area contributed by atoms with Crippen LogP contribution in [0.4, 0.5) is 0 Å². The predicted octanol–water partition coefficient (Wildman–Crippen LogP) is -3.74. The van der Waals surface area contributed by atoms with E-state index in [-0.39, 0.29) is 18.7 Å². The molecule has 3 unspecified atom stereocenters. The van der Waals surface area contributed by atoms with Gasteiger partial charge < -0.3 is 37.5 Å². The van der Waals surface area contributed by atoms with Crippen molar-refractivity contribution in [2.24, 2.45) is 11.5 Å². The number of primary amides is 1. The van der Waals surface area contributed by atoms with Crippen LogP contribution in [0.2, 0.25) is 0 Å². The van der Waals surface area contributed by atoms with Crippen LogP contribution in [0.15, 0.2) is 12.5 Å². The van der Waals surface area contributed by atoms with E-state index in [2.05, 4.69) is 38.5 Å². The van der Waals surface area contributed by atoms with Crippen LogP contribution in [0, 0.1) is 0 Å². The van der Waals surface area contributed by atoms with Gasteiger partial charge in [0.25, 0.3) is 0 Å². The Morgan fingerprint density at radius 1 is 1.10 bits per heavy atom. The number of carboxylic acid groups (broad SMARTS) is 1. The van der Waals surface area contributed by atoms with Crippen molar-refractivity contribution in [1.82, 2.24) is 25.9 Å². The highest BCUT2D eigenvalue weighted by molar-refractivity contribution is 7.80. The third-order valence-corrected chi connectivity index (χ3v) is 4.02. The van der Waals surface area contributed by atoms with Crippen molar-refractivity contribution in [1.29, 1.82) is 0 Å². The lowest BCUT2D eigenvalue weighted by Crippen LogP contribution is -2.57. The molecule has 1 rings (SSSR count). The Balaban J connectivity index is 2.87. The number of nitrogens with two attached hydrogens (primary N) is 2. The number of nitrogens with one attached hydrogen (secondary N) is 4. The number of thiol groups is 1. The van der Waals surface area contributed by atoms with E-state index in [1.807, 2.05) is 0 Å². The standard InChI is InChI=1S/C15H23N7O6S/c16-3-12(24)20-10(5-29)14(26)21-8(2-11(17)23)13(25)22-9(15(27)28)1-7-4-18-6-19-7/h4,6,8-10,29H,1-3,5,16H2,(H2,17,23)(H,18,19)(H,20,24)(H,21,26)(H,22,25)(H,27,28). The Kier molecular flexibility index (Phi) is 9.61. The molecule has 1 aromatic heterocycles. The van der Waals surface area contributed by atoms with E-state index in [9.17, 15) is 29.1 Å². The molecular formula is C15H23N7O6S. The molecule has 160 valence electrons. The fourth-order valence-electron chi connectivity index (χ4n) is 2.22. The number of carbonyl (C=O) groups is 5. The van der Waals surface area contributed by atoms with Crippen molar-refractivity contribution in [3.8, 4) is 0 Å². The third-order valence-electron chi connectivity index (χ3n) is 3.65. The topological polar surface area (TPSA) is 222 Å². The van der Waals surface area contributed by atoms with Crippen LogP contribution < -0.4 is 27.4 Å². The summed E-state index contributed by atoms with van der Waals surface area (Å²) in [4.78, 5) is 65.4. The van der Waals surface area contributed by atoms with E-state index in [4.69, 9.17) is 11.5 Å². The highest BCUT2D eigenvalue weighted by atomic mass is 32.1.